The van der Waals surface area contributed by atoms with Gasteiger partial charge in [0.15, 0.2) is 17.3 Å². The third-order valence-electron chi connectivity index (χ3n) is 3.60. The van der Waals surface area contributed by atoms with Gasteiger partial charge in [0.1, 0.15) is 5.03 Å². The highest BCUT2D eigenvalue weighted by molar-refractivity contribution is 8.00. The number of phenolic OH excluding ortho intramolecular Hbond substituents is 2. The second-order valence-corrected chi connectivity index (χ2v) is 6.34. The summed E-state index contributed by atoms with van der Waals surface area (Å²) in [6.45, 7) is 0. The van der Waals surface area contributed by atoms with E-state index in [0.29, 0.717) is 16.3 Å². The summed E-state index contributed by atoms with van der Waals surface area (Å²) in [6.07, 6.45) is 0. The number of thioether (sulfide) groups is 1. The normalized spacial score (nSPS) is 10.6. The fourth-order valence-electron chi connectivity index (χ4n) is 2.25. The topological polar surface area (TPSA) is 96.4 Å². The Labute approximate surface area is 149 Å². The number of aromatic nitrogens is 1. The van der Waals surface area contributed by atoms with Gasteiger partial charge in [0.05, 0.1) is 17.1 Å². The molecular weight excluding hydrogens is 336 g/mol. The molecule has 0 aliphatic rings. The van der Waals surface area contributed by atoms with E-state index in [9.17, 15) is 15.0 Å². The SMILES string of the molecule is Nc1ccc(-c2ccccc2)nc1SCC(=O)c1ccc(O)c(O)c1. The first-order chi connectivity index (χ1) is 12.0. The van der Waals surface area contributed by atoms with Crippen molar-refractivity contribution in [3.8, 4) is 22.8 Å². The second-order valence-electron chi connectivity index (χ2n) is 5.37. The van der Waals surface area contributed by atoms with Gasteiger partial charge in [-0.25, -0.2) is 4.98 Å². The Balaban J connectivity index is 1.76. The molecule has 0 atom stereocenters. The molecule has 0 bridgehead atoms. The zero-order valence-electron chi connectivity index (χ0n) is 13.2. The van der Waals surface area contributed by atoms with Crippen molar-refractivity contribution in [3.63, 3.8) is 0 Å². The molecule has 1 aromatic heterocycles. The quantitative estimate of drug-likeness (QED) is 0.368. The van der Waals surface area contributed by atoms with Crippen LogP contribution in [0.2, 0.25) is 0 Å². The Morgan fingerprint density at radius 1 is 1.00 bits per heavy atom. The van der Waals surface area contributed by atoms with Crippen molar-refractivity contribution < 1.29 is 15.0 Å². The maximum absolute atomic E-state index is 12.3. The van der Waals surface area contributed by atoms with Gasteiger partial charge in [0.25, 0.3) is 0 Å². The van der Waals surface area contributed by atoms with Gasteiger partial charge in [-0.15, -0.1) is 0 Å². The lowest BCUT2D eigenvalue weighted by atomic mass is 10.1. The number of phenols is 2. The van der Waals surface area contributed by atoms with Crippen LogP contribution >= 0.6 is 11.8 Å². The van der Waals surface area contributed by atoms with E-state index in [4.69, 9.17) is 5.73 Å². The number of hydrogen-bond donors (Lipinski definition) is 3. The lowest BCUT2D eigenvalue weighted by Gasteiger charge is -2.08. The highest BCUT2D eigenvalue weighted by Crippen LogP contribution is 2.29. The molecule has 25 heavy (non-hydrogen) atoms. The molecule has 0 aliphatic heterocycles. The average molecular weight is 352 g/mol. The Hall–Kier alpha value is -2.99. The van der Waals surface area contributed by atoms with Crippen molar-refractivity contribution in [2.75, 3.05) is 11.5 Å². The van der Waals surface area contributed by atoms with Gasteiger partial charge in [-0.1, -0.05) is 42.1 Å². The van der Waals surface area contributed by atoms with Crippen LogP contribution in [0.5, 0.6) is 11.5 Å². The van der Waals surface area contributed by atoms with Crippen LogP contribution in [0.1, 0.15) is 10.4 Å². The molecule has 6 heteroatoms. The maximum atomic E-state index is 12.3. The smallest absolute Gasteiger partial charge is 0.173 e. The molecule has 4 N–H and O–H groups in total. The third kappa shape index (κ3) is 3.92. The van der Waals surface area contributed by atoms with Crippen LogP contribution in [0.3, 0.4) is 0 Å². The standard InChI is InChI=1S/C19H16N2O3S/c20-14-7-8-15(12-4-2-1-3-5-12)21-19(14)25-11-18(24)13-6-9-16(22)17(23)10-13/h1-10,22-23H,11,20H2. The van der Waals surface area contributed by atoms with E-state index in [2.05, 4.69) is 4.98 Å². The Morgan fingerprint density at radius 3 is 2.48 bits per heavy atom. The summed E-state index contributed by atoms with van der Waals surface area (Å²) in [6, 6.07) is 17.3. The lowest BCUT2D eigenvalue weighted by molar-refractivity contribution is 0.102. The van der Waals surface area contributed by atoms with Gasteiger partial charge in [0, 0.05) is 11.1 Å². The minimum Gasteiger partial charge on any atom is -0.504 e. The summed E-state index contributed by atoms with van der Waals surface area (Å²) in [5.41, 5.74) is 8.55. The van der Waals surface area contributed by atoms with Gasteiger partial charge in [0.2, 0.25) is 0 Å². The average Bonchev–Trinajstić information content (AvgIpc) is 2.63. The second kappa shape index (κ2) is 7.27. The van der Waals surface area contributed by atoms with E-state index in [1.165, 1.54) is 30.0 Å². The summed E-state index contributed by atoms with van der Waals surface area (Å²) >= 11 is 1.24. The van der Waals surface area contributed by atoms with E-state index in [-0.39, 0.29) is 23.0 Å². The first kappa shape index (κ1) is 16.9. The predicted molar refractivity (Wildman–Crippen MR) is 98.9 cm³/mol. The number of Topliss-reactive ketones (excluding diaryl/α,β-unsaturated/α-hetero) is 1. The minimum atomic E-state index is -0.320. The predicted octanol–water partition coefficient (Wildman–Crippen LogP) is 3.72. The van der Waals surface area contributed by atoms with Crippen molar-refractivity contribution in [1.29, 1.82) is 0 Å². The van der Waals surface area contributed by atoms with Crippen molar-refractivity contribution in [3.05, 3.63) is 66.2 Å². The Morgan fingerprint density at radius 2 is 1.76 bits per heavy atom. The van der Waals surface area contributed by atoms with Gasteiger partial charge < -0.3 is 15.9 Å². The number of carbonyl (C=O) groups is 1. The van der Waals surface area contributed by atoms with E-state index in [0.717, 1.165) is 11.3 Å². The first-order valence-electron chi connectivity index (χ1n) is 7.54. The van der Waals surface area contributed by atoms with Gasteiger partial charge in [-0.2, -0.15) is 0 Å². The molecule has 0 fully saturated rings. The largest absolute Gasteiger partial charge is 0.504 e. The van der Waals surface area contributed by atoms with Crippen molar-refractivity contribution in [2.24, 2.45) is 0 Å². The molecule has 0 unspecified atom stereocenters. The van der Waals surface area contributed by atoms with Crippen molar-refractivity contribution >= 4 is 23.2 Å². The van der Waals surface area contributed by atoms with E-state index < -0.39 is 0 Å². The molecule has 0 aliphatic carbocycles. The molecule has 5 nitrogen and oxygen atoms in total. The van der Waals surface area contributed by atoms with Gasteiger partial charge in [-0.3, -0.25) is 4.79 Å². The third-order valence-corrected chi connectivity index (χ3v) is 4.60. The van der Waals surface area contributed by atoms with Crippen LogP contribution in [0.4, 0.5) is 5.69 Å². The number of hydrogen-bond acceptors (Lipinski definition) is 6. The zero-order valence-corrected chi connectivity index (χ0v) is 14.0. The summed E-state index contributed by atoms with van der Waals surface area (Å²) in [4.78, 5) is 16.8. The molecule has 0 radical (unpaired) electrons. The van der Waals surface area contributed by atoms with Crippen LogP contribution in [-0.2, 0) is 0 Å². The van der Waals surface area contributed by atoms with Crippen molar-refractivity contribution in [1.82, 2.24) is 4.98 Å². The Bertz CT molecular complexity index is 914. The molecule has 0 saturated carbocycles. The summed E-state index contributed by atoms with van der Waals surface area (Å²) in [5.74, 6) is -0.642. The molecule has 126 valence electrons. The number of aromatic hydroxyl groups is 2. The monoisotopic (exact) mass is 352 g/mol. The molecular formula is C19H16N2O3S. The van der Waals surface area contributed by atoms with Crippen LogP contribution in [0.15, 0.2) is 65.7 Å². The fourth-order valence-corrected chi connectivity index (χ4v) is 3.08. The van der Waals surface area contributed by atoms with Crippen molar-refractivity contribution in [2.45, 2.75) is 5.03 Å². The van der Waals surface area contributed by atoms with Crippen LogP contribution < -0.4 is 5.73 Å². The minimum absolute atomic E-state index is 0.125. The molecule has 3 aromatic rings. The highest BCUT2D eigenvalue weighted by atomic mass is 32.2. The number of rotatable bonds is 5. The number of nitrogens with zero attached hydrogens (tertiary/aromatic N) is 1. The number of nitrogens with two attached hydrogens (primary N) is 1. The number of pyridine rings is 1. The summed E-state index contributed by atoms with van der Waals surface area (Å²) < 4.78 is 0. The molecule has 1 heterocycles. The maximum Gasteiger partial charge on any atom is 0.173 e. The number of nitrogen functional groups attached to an aromatic ring is 1. The number of benzene rings is 2. The first-order valence-corrected chi connectivity index (χ1v) is 8.53. The van der Waals surface area contributed by atoms with Gasteiger partial charge in [-0.05, 0) is 30.3 Å². The molecule has 3 rings (SSSR count). The number of ketones is 1. The Kier molecular flexibility index (Phi) is 4.90. The summed E-state index contributed by atoms with van der Waals surface area (Å²) in [5, 5.41) is 19.4. The molecule has 2 aromatic carbocycles. The summed E-state index contributed by atoms with van der Waals surface area (Å²) in [7, 11) is 0. The van der Waals surface area contributed by atoms with Gasteiger partial charge >= 0.3 is 0 Å². The fraction of sp³-hybridized carbons (Fsp3) is 0.0526. The number of carbonyl (C=O) groups excluding carboxylic acids is 1. The number of anilines is 1. The van der Waals surface area contributed by atoms with E-state index >= 15 is 0 Å². The van der Waals surface area contributed by atoms with Crippen LogP contribution in [0.25, 0.3) is 11.3 Å². The van der Waals surface area contributed by atoms with E-state index in [1.54, 1.807) is 6.07 Å². The van der Waals surface area contributed by atoms with E-state index in [1.807, 2.05) is 36.4 Å². The van der Waals surface area contributed by atoms with Crippen LogP contribution in [0, 0.1) is 0 Å². The highest BCUT2D eigenvalue weighted by Gasteiger charge is 2.12. The lowest BCUT2D eigenvalue weighted by Crippen LogP contribution is -2.03. The molecule has 0 spiro atoms. The molecule has 0 amide bonds. The zero-order chi connectivity index (χ0) is 17.8. The van der Waals surface area contributed by atoms with Crippen LogP contribution in [-0.4, -0.2) is 26.7 Å². The molecule has 0 saturated heterocycles.